The third-order valence-corrected chi connectivity index (χ3v) is 4.36. The molecule has 0 saturated heterocycles. The van der Waals surface area contributed by atoms with Crippen LogP contribution in [0.4, 0.5) is 4.39 Å². The summed E-state index contributed by atoms with van der Waals surface area (Å²) in [5, 5.41) is 2.93. The van der Waals surface area contributed by atoms with Crippen molar-refractivity contribution in [3.63, 3.8) is 0 Å². The molecule has 1 N–H and O–H groups in total. The summed E-state index contributed by atoms with van der Waals surface area (Å²) < 4.78 is 18.3. The highest BCUT2D eigenvalue weighted by Gasteiger charge is 2.07. The summed E-state index contributed by atoms with van der Waals surface area (Å²) >= 11 is 5.86. The normalized spacial score (nSPS) is 10.8. The number of carbonyl (C=O) groups is 1. The summed E-state index contributed by atoms with van der Waals surface area (Å²) in [7, 11) is 0. The van der Waals surface area contributed by atoms with Crippen molar-refractivity contribution in [3.8, 4) is 5.75 Å². The van der Waals surface area contributed by atoms with Gasteiger partial charge in [-0.2, -0.15) is 0 Å². The van der Waals surface area contributed by atoms with Gasteiger partial charge in [0.15, 0.2) is 6.61 Å². The van der Waals surface area contributed by atoms with Crippen molar-refractivity contribution >= 4 is 17.5 Å². The van der Waals surface area contributed by atoms with Crippen LogP contribution in [0.2, 0.25) is 5.02 Å². The van der Waals surface area contributed by atoms with Gasteiger partial charge in [0.1, 0.15) is 11.6 Å². The summed E-state index contributed by atoms with van der Waals surface area (Å²) in [6.07, 6.45) is 0. The van der Waals surface area contributed by atoms with Gasteiger partial charge in [0.2, 0.25) is 0 Å². The van der Waals surface area contributed by atoms with E-state index in [9.17, 15) is 9.18 Å². The van der Waals surface area contributed by atoms with E-state index in [2.05, 4.69) is 36.2 Å². The zero-order valence-electron chi connectivity index (χ0n) is 15.1. The Kier molecular flexibility index (Phi) is 7.88. The van der Waals surface area contributed by atoms with Gasteiger partial charge in [-0.15, -0.1) is 0 Å². The number of nitrogens with zero attached hydrogens (tertiary/aromatic N) is 1. The molecule has 1 amide bonds. The topological polar surface area (TPSA) is 41.6 Å². The van der Waals surface area contributed by atoms with Crippen molar-refractivity contribution < 1.29 is 13.9 Å². The molecule has 2 aromatic rings. The Balaban J connectivity index is 1.78. The lowest BCUT2D eigenvalue weighted by molar-refractivity contribution is -0.123. The summed E-state index contributed by atoms with van der Waals surface area (Å²) in [5.74, 6) is -0.433. The fraction of sp³-hybridized carbons (Fsp3) is 0.350. The second-order valence-electron chi connectivity index (χ2n) is 5.92. The van der Waals surface area contributed by atoms with E-state index in [1.54, 1.807) is 0 Å². The highest BCUT2D eigenvalue weighted by atomic mass is 35.5. The van der Waals surface area contributed by atoms with Crippen LogP contribution in [0.15, 0.2) is 42.5 Å². The minimum atomic E-state index is -0.448. The lowest BCUT2D eigenvalue weighted by Crippen LogP contribution is -2.28. The van der Waals surface area contributed by atoms with Gasteiger partial charge in [-0.05, 0) is 42.4 Å². The molecular formula is C20H24ClFN2O2. The predicted octanol–water partition coefficient (Wildman–Crippen LogP) is 4.02. The van der Waals surface area contributed by atoms with Gasteiger partial charge in [0.25, 0.3) is 5.91 Å². The SMILES string of the molecule is CCN(CC)Cc1ccc(CNC(=O)COc2ccc(F)cc2Cl)cc1. The Morgan fingerprint density at radius 1 is 1.12 bits per heavy atom. The molecule has 0 aromatic heterocycles. The van der Waals surface area contributed by atoms with Crippen LogP contribution in [-0.4, -0.2) is 30.5 Å². The lowest BCUT2D eigenvalue weighted by Gasteiger charge is -2.18. The van der Waals surface area contributed by atoms with E-state index in [1.165, 1.54) is 17.7 Å². The van der Waals surface area contributed by atoms with Gasteiger partial charge in [-0.25, -0.2) is 4.39 Å². The minimum absolute atomic E-state index is 0.140. The number of hydrogen-bond acceptors (Lipinski definition) is 3. The average Bonchev–Trinajstić information content (AvgIpc) is 2.64. The molecule has 0 heterocycles. The molecule has 26 heavy (non-hydrogen) atoms. The molecule has 0 unspecified atom stereocenters. The minimum Gasteiger partial charge on any atom is -0.482 e. The maximum Gasteiger partial charge on any atom is 0.258 e. The smallest absolute Gasteiger partial charge is 0.258 e. The van der Waals surface area contributed by atoms with Gasteiger partial charge in [-0.1, -0.05) is 49.7 Å². The van der Waals surface area contributed by atoms with Gasteiger partial charge >= 0.3 is 0 Å². The quantitative estimate of drug-likeness (QED) is 0.716. The first kappa shape index (κ1) is 20.2. The Morgan fingerprint density at radius 3 is 2.38 bits per heavy atom. The molecular weight excluding hydrogens is 355 g/mol. The Morgan fingerprint density at radius 2 is 1.77 bits per heavy atom. The van der Waals surface area contributed by atoms with Crippen LogP contribution in [0.25, 0.3) is 0 Å². The van der Waals surface area contributed by atoms with Crippen LogP contribution in [0.5, 0.6) is 5.75 Å². The highest BCUT2D eigenvalue weighted by molar-refractivity contribution is 6.32. The molecule has 0 aliphatic rings. The Bertz CT molecular complexity index is 718. The molecule has 0 aliphatic carbocycles. The van der Waals surface area contributed by atoms with Crippen molar-refractivity contribution in [3.05, 3.63) is 64.4 Å². The van der Waals surface area contributed by atoms with E-state index in [1.807, 2.05) is 12.1 Å². The van der Waals surface area contributed by atoms with Gasteiger partial charge in [0.05, 0.1) is 5.02 Å². The molecule has 0 atom stereocenters. The molecule has 2 rings (SSSR count). The second kappa shape index (κ2) is 10.1. The molecule has 0 spiro atoms. The number of rotatable bonds is 9. The molecule has 0 saturated carbocycles. The number of hydrogen-bond donors (Lipinski definition) is 1. The number of carbonyl (C=O) groups excluding carboxylic acids is 1. The first-order chi connectivity index (χ1) is 12.5. The van der Waals surface area contributed by atoms with Crippen molar-refractivity contribution in [1.82, 2.24) is 10.2 Å². The van der Waals surface area contributed by atoms with Crippen LogP contribution in [0.3, 0.4) is 0 Å². The van der Waals surface area contributed by atoms with Gasteiger partial charge < -0.3 is 10.1 Å². The van der Waals surface area contributed by atoms with E-state index < -0.39 is 5.82 Å². The van der Waals surface area contributed by atoms with E-state index >= 15 is 0 Å². The predicted molar refractivity (Wildman–Crippen MR) is 102 cm³/mol. The van der Waals surface area contributed by atoms with Crippen LogP contribution in [-0.2, 0) is 17.9 Å². The number of nitrogens with one attached hydrogen (secondary N) is 1. The Labute approximate surface area is 158 Å². The number of benzene rings is 2. The molecule has 2 aromatic carbocycles. The zero-order chi connectivity index (χ0) is 18.9. The summed E-state index contributed by atoms with van der Waals surface area (Å²) in [6.45, 7) is 7.50. The van der Waals surface area contributed by atoms with Crippen molar-refractivity contribution in [1.29, 1.82) is 0 Å². The fourth-order valence-corrected chi connectivity index (χ4v) is 2.68. The Hall–Kier alpha value is -2.11. The van der Waals surface area contributed by atoms with Crippen molar-refractivity contribution in [2.24, 2.45) is 0 Å². The van der Waals surface area contributed by atoms with Gasteiger partial charge in [-0.3, -0.25) is 9.69 Å². The van der Waals surface area contributed by atoms with Crippen LogP contribution in [0.1, 0.15) is 25.0 Å². The third-order valence-electron chi connectivity index (χ3n) is 4.07. The summed E-state index contributed by atoms with van der Waals surface area (Å²) in [4.78, 5) is 14.2. The van der Waals surface area contributed by atoms with E-state index in [-0.39, 0.29) is 23.3 Å². The van der Waals surface area contributed by atoms with E-state index in [0.717, 1.165) is 31.3 Å². The van der Waals surface area contributed by atoms with Gasteiger partial charge in [0, 0.05) is 13.1 Å². The zero-order valence-corrected chi connectivity index (χ0v) is 15.9. The standard InChI is InChI=1S/C20H24ClFN2O2/c1-3-24(4-2)13-16-7-5-15(6-8-16)12-23-20(25)14-26-19-10-9-17(22)11-18(19)21/h5-11H,3-4,12-14H2,1-2H3,(H,23,25). The van der Waals surface area contributed by atoms with E-state index in [0.29, 0.717) is 6.54 Å². The highest BCUT2D eigenvalue weighted by Crippen LogP contribution is 2.24. The first-order valence-corrected chi connectivity index (χ1v) is 9.04. The molecule has 6 heteroatoms. The summed E-state index contributed by atoms with van der Waals surface area (Å²) in [6, 6.07) is 12.0. The maximum absolute atomic E-state index is 13.0. The molecule has 0 bridgehead atoms. The third kappa shape index (κ3) is 6.32. The lowest BCUT2D eigenvalue weighted by atomic mass is 10.1. The van der Waals surface area contributed by atoms with Crippen LogP contribution >= 0.6 is 11.6 Å². The molecule has 0 aliphatic heterocycles. The second-order valence-corrected chi connectivity index (χ2v) is 6.33. The van der Waals surface area contributed by atoms with Crippen LogP contribution in [0, 0.1) is 5.82 Å². The molecule has 140 valence electrons. The number of ether oxygens (including phenoxy) is 1. The molecule has 4 nitrogen and oxygen atoms in total. The van der Waals surface area contributed by atoms with Crippen molar-refractivity contribution in [2.45, 2.75) is 26.9 Å². The molecule has 0 radical (unpaired) electrons. The number of halogens is 2. The first-order valence-electron chi connectivity index (χ1n) is 8.66. The average molecular weight is 379 g/mol. The largest absolute Gasteiger partial charge is 0.482 e. The summed E-state index contributed by atoms with van der Waals surface area (Å²) in [5.41, 5.74) is 2.26. The monoisotopic (exact) mass is 378 g/mol. The molecule has 0 fully saturated rings. The maximum atomic E-state index is 13.0. The fourth-order valence-electron chi connectivity index (χ4n) is 2.46. The van der Waals surface area contributed by atoms with Crippen LogP contribution < -0.4 is 10.1 Å². The van der Waals surface area contributed by atoms with Crippen molar-refractivity contribution in [2.75, 3.05) is 19.7 Å². The number of amides is 1. The van der Waals surface area contributed by atoms with E-state index in [4.69, 9.17) is 16.3 Å².